The monoisotopic (exact) mass is 252 g/mol. The molecule has 0 bridgehead atoms. The summed E-state index contributed by atoms with van der Waals surface area (Å²) in [6, 6.07) is 4.77. The van der Waals surface area contributed by atoms with E-state index in [4.69, 9.17) is 0 Å². The summed E-state index contributed by atoms with van der Waals surface area (Å²) in [6.45, 7) is 3.15. The summed E-state index contributed by atoms with van der Waals surface area (Å²) >= 11 is 1.69. The minimum atomic E-state index is 0.138. The Hall–Kier alpha value is -0.870. The van der Waals surface area contributed by atoms with E-state index in [1.807, 2.05) is 18.4 Å². The Morgan fingerprint density at radius 3 is 3.24 bits per heavy atom. The summed E-state index contributed by atoms with van der Waals surface area (Å²) in [4.78, 5) is 13.0. The van der Waals surface area contributed by atoms with E-state index in [9.17, 15) is 4.79 Å². The SMILES string of the molecule is CC(NC(=O)CCC1CCCN1)c1cccs1. The molecule has 0 aliphatic carbocycles. The van der Waals surface area contributed by atoms with Crippen LogP contribution in [0.5, 0.6) is 0 Å². The van der Waals surface area contributed by atoms with Crippen molar-refractivity contribution < 1.29 is 4.79 Å². The van der Waals surface area contributed by atoms with Gasteiger partial charge in [0, 0.05) is 17.3 Å². The van der Waals surface area contributed by atoms with Crippen molar-refractivity contribution in [2.24, 2.45) is 0 Å². The van der Waals surface area contributed by atoms with Crippen LogP contribution < -0.4 is 10.6 Å². The predicted octanol–water partition coefficient (Wildman–Crippen LogP) is 2.46. The standard InChI is InChI=1S/C13H20N2OS/c1-10(12-5-3-9-17-12)15-13(16)7-6-11-4-2-8-14-11/h3,5,9-11,14H,2,4,6-8H2,1H3,(H,15,16). The number of carbonyl (C=O) groups excluding carboxylic acids is 1. The highest BCUT2D eigenvalue weighted by Crippen LogP contribution is 2.18. The van der Waals surface area contributed by atoms with Crippen LogP contribution >= 0.6 is 11.3 Å². The highest BCUT2D eigenvalue weighted by molar-refractivity contribution is 7.10. The Balaban J connectivity index is 1.69. The van der Waals surface area contributed by atoms with E-state index >= 15 is 0 Å². The Kier molecular flexibility index (Phi) is 4.57. The smallest absolute Gasteiger partial charge is 0.220 e. The first-order chi connectivity index (χ1) is 8.25. The molecule has 4 heteroatoms. The van der Waals surface area contributed by atoms with Gasteiger partial charge in [-0.1, -0.05) is 6.07 Å². The van der Waals surface area contributed by atoms with E-state index in [0.29, 0.717) is 12.5 Å². The number of nitrogens with one attached hydrogen (secondary N) is 2. The lowest BCUT2D eigenvalue weighted by molar-refractivity contribution is -0.121. The van der Waals surface area contributed by atoms with Gasteiger partial charge in [-0.2, -0.15) is 0 Å². The number of amides is 1. The van der Waals surface area contributed by atoms with Crippen molar-refractivity contribution in [2.45, 2.75) is 44.7 Å². The summed E-state index contributed by atoms with van der Waals surface area (Å²) < 4.78 is 0. The Morgan fingerprint density at radius 2 is 2.59 bits per heavy atom. The third-order valence-electron chi connectivity index (χ3n) is 3.23. The fraction of sp³-hybridized carbons (Fsp3) is 0.615. The van der Waals surface area contributed by atoms with Crippen LogP contribution in [0.4, 0.5) is 0 Å². The molecule has 0 saturated carbocycles. The molecule has 1 saturated heterocycles. The van der Waals surface area contributed by atoms with Crippen molar-refractivity contribution >= 4 is 17.2 Å². The zero-order valence-electron chi connectivity index (χ0n) is 10.2. The fourth-order valence-electron chi connectivity index (χ4n) is 2.23. The number of rotatable bonds is 5. The van der Waals surface area contributed by atoms with Gasteiger partial charge in [0.2, 0.25) is 5.91 Å². The van der Waals surface area contributed by atoms with Gasteiger partial charge in [-0.25, -0.2) is 0 Å². The van der Waals surface area contributed by atoms with Gasteiger partial charge in [0.1, 0.15) is 0 Å². The largest absolute Gasteiger partial charge is 0.349 e. The minimum Gasteiger partial charge on any atom is -0.349 e. The van der Waals surface area contributed by atoms with Crippen molar-refractivity contribution in [2.75, 3.05) is 6.54 Å². The summed E-state index contributed by atoms with van der Waals surface area (Å²) in [6.07, 6.45) is 4.06. The van der Waals surface area contributed by atoms with Crippen LogP contribution in [0.2, 0.25) is 0 Å². The highest BCUT2D eigenvalue weighted by Gasteiger charge is 2.16. The maximum Gasteiger partial charge on any atom is 0.220 e. The molecule has 1 aromatic heterocycles. The van der Waals surface area contributed by atoms with Crippen LogP contribution in [-0.4, -0.2) is 18.5 Å². The number of hydrogen-bond donors (Lipinski definition) is 2. The van der Waals surface area contributed by atoms with E-state index in [2.05, 4.69) is 16.7 Å². The topological polar surface area (TPSA) is 41.1 Å². The van der Waals surface area contributed by atoms with Gasteiger partial charge >= 0.3 is 0 Å². The molecule has 0 radical (unpaired) electrons. The van der Waals surface area contributed by atoms with E-state index in [0.717, 1.165) is 13.0 Å². The van der Waals surface area contributed by atoms with Gasteiger partial charge in [0.25, 0.3) is 0 Å². The van der Waals surface area contributed by atoms with E-state index < -0.39 is 0 Å². The van der Waals surface area contributed by atoms with Crippen LogP contribution in [0, 0.1) is 0 Å². The summed E-state index contributed by atoms with van der Waals surface area (Å²) in [5.41, 5.74) is 0. The first kappa shape index (κ1) is 12.6. The number of thiophene rings is 1. The van der Waals surface area contributed by atoms with Crippen molar-refractivity contribution in [1.82, 2.24) is 10.6 Å². The van der Waals surface area contributed by atoms with Gasteiger partial charge in [-0.15, -0.1) is 11.3 Å². The van der Waals surface area contributed by atoms with Gasteiger partial charge < -0.3 is 10.6 Å². The van der Waals surface area contributed by atoms with E-state index in [-0.39, 0.29) is 11.9 Å². The molecule has 0 spiro atoms. The summed E-state index contributed by atoms with van der Waals surface area (Å²) in [5.74, 6) is 0.166. The first-order valence-corrected chi connectivity index (χ1v) is 7.20. The van der Waals surface area contributed by atoms with Crippen molar-refractivity contribution in [3.8, 4) is 0 Å². The predicted molar refractivity (Wildman–Crippen MR) is 71.1 cm³/mol. The van der Waals surface area contributed by atoms with Crippen molar-refractivity contribution in [3.63, 3.8) is 0 Å². The van der Waals surface area contributed by atoms with Gasteiger partial charge in [-0.05, 0) is 44.2 Å². The number of carbonyl (C=O) groups is 1. The van der Waals surface area contributed by atoms with Crippen LogP contribution in [0.1, 0.15) is 43.5 Å². The molecule has 17 heavy (non-hydrogen) atoms. The molecule has 1 fully saturated rings. The minimum absolute atomic E-state index is 0.138. The normalized spacial score (nSPS) is 21.4. The number of hydrogen-bond acceptors (Lipinski definition) is 3. The molecule has 2 atom stereocenters. The molecule has 2 rings (SSSR count). The van der Waals surface area contributed by atoms with Crippen LogP contribution in [-0.2, 0) is 4.79 Å². The molecule has 2 unspecified atom stereocenters. The second-order valence-electron chi connectivity index (χ2n) is 4.64. The molecule has 3 nitrogen and oxygen atoms in total. The maximum atomic E-state index is 11.8. The molecular formula is C13H20N2OS. The average Bonchev–Trinajstić information content (AvgIpc) is 2.99. The molecule has 2 heterocycles. The van der Waals surface area contributed by atoms with Crippen LogP contribution in [0.15, 0.2) is 17.5 Å². The lowest BCUT2D eigenvalue weighted by Crippen LogP contribution is -2.29. The second kappa shape index (κ2) is 6.17. The lowest BCUT2D eigenvalue weighted by atomic mass is 10.1. The van der Waals surface area contributed by atoms with E-state index in [1.165, 1.54) is 17.7 Å². The second-order valence-corrected chi connectivity index (χ2v) is 5.62. The Morgan fingerprint density at radius 1 is 1.71 bits per heavy atom. The van der Waals surface area contributed by atoms with Gasteiger partial charge in [-0.3, -0.25) is 4.79 Å². The van der Waals surface area contributed by atoms with Crippen LogP contribution in [0.25, 0.3) is 0 Å². The molecular weight excluding hydrogens is 232 g/mol. The molecule has 1 aliphatic heterocycles. The first-order valence-electron chi connectivity index (χ1n) is 6.32. The quantitative estimate of drug-likeness (QED) is 0.845. The molecule has 1 aromatic rings. The van der Waals surface area contributed by atoms with Crippen molar-refractivity contribution in [1.29, 1.82) is 0 Å². The van der Waals surface area contributed by atoms with Crippen molar-refractivity contribution in [3.05, 3.63) is 22.4 Å². The molecule has 94 valence electrons. The van der Waals surface area contributed by atoms with Gasteiger partial charge in [0.05, 0.1) is 6.04 Å². The zero-order valence-corrected chi connectivity index (χ0v) is 11.1. The van der Waals surface area contributed by atoms with E-state index in [1.54, 1.807) is 11.3 Å². The Bertz CT molecular complexity index is 344. The third kappa shape index (κ3) is 3.82. The van der Waals surface area contributed by atoms with Gasteiger partial charge in [0.15, 0.2) is 0 Å². The Labute approximate surface area is 107 Å². The van der Waals surface area contributed by atoms with Crippen LogP contribution in [0.3, 0.4) is 0 Å². The maximum absolute atomic E-state index is 11.8. The highest BCUT2D eigenvalue weighted by atomic mass is 32.1. The fourth-order valence-corrected chi connectivity index (χ4v) is 2.97. The zero-order chi connectivity index (χ0) is 12.1. The summed E-state index contributed by atoms with van der Waals surface area (Å²) in [7, 11) is 0. The molecule has 1 aliphatic rings. The molecule has 1 amide bonds. The molecule has 0 aromatic carbocycles. The third-order valence-corrected chi connectivity index (χ3v) is 4.28. The summed E-state index contributed by atoms with van der Waals surface area (Å²) in [5, 5.41) is 8.51. The average molecular weight is 252 g/mol. The molecule has 2 N–H and O–H groups in total. The lowest BCUT2D eigenvalue weighted by Gasteiger charge is -2.14.